The second-order valence-electron chi connectivity index (χ2n) is 4.23. The molecule has 0 saturated heterocycles. The van der Waals surface area contributed by atoms with E-state index in [2.05, 4.69) is 10.6 Å². The minimum absolute atomic E-state index is 0.0920. The van der Waals surface area contributed by atoms with Crippen LogP contribution in [0.4, 0.5) is 0 Å². The molecule has 1 heterocycles. The Bertz CT molecular complexity index is 434. The zero-order valence-electron chi connectivity index (χ0n) is 10.6. The Labute approximate surface area is 106 Å². The molecule has 0 spiro atoms. The van der Waals surface area contributed by atoms with Crippen LogP contribution < -0.4 is 10.6 Å². The van der Waals surface area contributed by atoms with Crippen LogP contribution in [0.1, 0.15) is 27.1 Å². The average molecular weight is 247 g/mol. The van der Waals surface area contributed by atoms with Gasteiger partial charge in [0.1, 0.15) is 0 Å². The first-order chi connectivity index (χ1) is 8.69. The van der Waals surface area contributed by atoms with Gasteiger partial charge in [-0.2, -0.15) is 0 Å². The quantitative estimate of drug-likeness (QED) is 0.585. The number of rotatable bonds is 5. The van der Waals surface area contributed by atoms with Crippen molar-refractivity contribution < 1.29 is 9.59 Å². The minimum Gasteiger partial charge on any atom is -0.305 e. The molecule has 0 fully saturated rings. The van der Waals surface area contributed by atoms with Gasteiger partial charge >= 0.3 is 0 Å². The molecule has 0 bridgehead atoms. The Kier molecular flexibility index (Phi) is 3.74. The summed E-state index contributed by atoms with van der Waals surface area (Å²) in [6, 6.07) is 6.95. The average Bonchev–Trinajstić information content (AvgIpc) is 2.65. The van der Waals surface area contributed by atoms with Crippen molar-refractivity contribution >= 4 is 11.8 Å². The van der Waals surface area contributed by atoms with Gasteiger partial charge in [0.15, 0.2) is 0 Å². The number of amides is 2. The van der Waals surface area contributed by atoms with E-state index >= 15 is 0 Å². The molecule has 2 N–H and O–H groups in total. The zero-order chi connectivity index (χ0) is 13.1. The first-order valence-electron chi connectivity index (χ1n) is 5.98. The van der Waals surface area contributed by atoms with Crippen molar-refractivity contribution in [2.45, 2.75) is 12.6 Å². The summed E-state index contributed by atoms with van der Waals surface area (Å²) in [5.41, 5.74) is 1.01. The molecule has 0 atom stereocenters. The molecule has 2 rings (SSSR count). The molecule has 96 valence electrons. The van der Waals surface area contributed by atoms with Crippen LogP contribution in [0.5, 0.6) is 0 Å². The lowest BCUT2D eigenvalue weighted by molar-refractivity contribution is 0.0647. The number of carbonyl (C=O) groups is 2. The number of nitrogens with zero attached hydrogens (tertiary/aromatic N) is 1. The molecule has 0 radical (unpaired) electrons. The number of hydrogen-bond donors (Lipinski definition) is 2. The SMILES string of the molecule is CNC(CCN1C(=O)c2ccccc2C1=O)NC. The molecule has 2 amide bonds. The molecular weight excluding hydrogens is 230 g/mol. The fourth-order valence-corrected chi connectivity index (χ4v) is 2.13. The number of carbonyl (C=O) groups excluding carboxylic acids is 2. The third-order valence-electron chi connectivity index (χ3n) is 3.22. The molecule has 0 unspecified atom stereocenters. The van der Waals surface area contributed by atoms with Gasteiger partial charge in [-0.3, -0.25) is 14.5 Å². The molecule has 1 aromatic rings. The van der Waals surface area contributed by atoms with Gasteiger partial charge in [-0.25, -0.2) is 0 Å². The van der Waals surface area contributed by atoms with Crippen molar-refractivity contribution in [3.05, 3.63) is 35.4 Å². The maximum Gasteiger partial charge on any atom is 0.261 e. The van der Waals surface area contributed by atoms with E-state index in [4.69, 9.17) is 0 Å². The molecule has 0 aliphatic carbocycles. The summed E-state index contributed by atoms with van der Waals surface area (Å²) in [4.78, 5) is 25.4. The van der Waals surface area contributed by atoms with Gasteiger partial charge in [-0.15, -0.1) is 0 Å². The van der Waals surface area contributed by atoms with Crippen molar-refractivity contribution in [2.24, 2.45) is 0 Å². The van der Waals surface area contributed by atoms with E-state index in [0.29, 0.717) is 24.1 Å². The molecule has 1 aromatic carbocycles. The summed E-state index contributed by atoms with van der Waals surface area (Å²) in [6.45, 7) is 0.415. The Morgan fingerprint density at radius 2 is 1.56 bits per heavy atom. The van der Waals surface area contributed by atoms with E-state index < -0.39 is 0 Å². The lowest BCUT2D eigenvalue weighted by Crippen LogP contribution is -2.42. The highest BCUT2D eigenvalue weighted by molar-refractivity contribution is 6.21. The van der Waals surface area contributed by atoms with Crippen LogP contribution in [-0.2, 0) is 0 Å². The molecule has 1 aliphatic heterocycles. The lowest BCUT2D eigenvalue weighted by Gasteiger charge is -2.19. The smallest absolute Gasteiger partial charge is 0.261 e. The van der Waals surface area contributed by atoms with Crippen LogP contribution >= 0.6 is 0 Å². The summed E-state index contributed by atoms with van der Waals surface area (Å²) in [5, 5.41) is 6.13. The van der Waals surface area contributed by atoms with Crippen molar-refractivity contribution in [2.75, 3.05) is 20.6 Å². The van der Waals surface area contributed by atoms with Crippen molar-refractivity contribution in [3.8, 4) is 0 Å². The molecule has 0 saturated carbocycles. The fraction of sp³-hybridized carbons (Fsp3) is 0.385. The van der Waals surface area contributed by atoms with E-state index in [-0.39, 0.29) is 18.0 Å². The molecule has 0 aromatic heterocycles. The van der Waals surface area contributed by atoms with Gasteiger partial charge in [0.2, 0.25) is 0 Å². The topological polar surface area (TPSA) is 61.4 Å². The summed E-state index contributed by atoms with van der Waals surface area (Å²) in [5.74, 6) is -0.386. The Morgan fingerprint density at radius 3 is 2.00 bits per heavy atom. The van der Waals surface area contributed by atoms with Gasteiger partial charge < -0.3 is 10.6 Å². The maximum absolute atomic E-state index is 12.1. The third kappa shape index (κ3) is 2.14. The third-order valence-corrected chi connectivity index (χ3v) is 3.22. The van der Waals surface area contributed by atoms with Crippen LogP contribution in [0.25, 0.3) is 0 Å². The number of fused-ring (bicyclic) bond motifs is 1. The first kappa shape index (κ1) is 12.7. The van der Waals surface area contributed by atoms with E-state index in [1.807, 2.05) is 14.1 Å². The van der Waals surface area contributed by atoms with E-state index in [1.165, 1.54) is 4.90 Å². The summed E-state index contributed by atoms with van der Waals surface area (Å²) in [7, 11) is 3.67. The van der Waals surface area contributed by atoms with E-state index in [9.17, 15) is 9.59 Å². The van der Waals surface area contributed by atoms with Crippen LogP contribution in [0.3, 0.4) is 0 Å². The predicted molar refractivity (Wildman–Crippen MR) is 68.3 cm³/mol. The highest BCUT2D eigenvalue weighted by Gasteiger charge is 2.34. The van der Waals surface area contributed by atoms with Gasteiger partial charge in [0.05, 0.1) is 17.3 Å². The van der Waals surface area contributed by atoms with Crippen LogP contribution in [-0.4, -0.2) is 43.5 Å². The van der Waals surface area contributed by atoms with Crippen LogP contribution in [0, 0.1) is 0 Å². The molecule has 5 nitrogen and oxygen atoms in total. The molecule has 5 heteroatoms. The standard InChI is InChI=1S/C13H17N3O2/c1-14-11(15-2)7-8-16-12(17)9-5-3-4-6-10(9)13(16)18/h3-6,11,14-15H,7-8H2,1-2H3. The number of nitrogens with one attached hydrogen (secondary N) is 2. The largest absolute Gasteiger partial charge is 0.305 e. The van der Waals surface area contributed by atoms with Crippen molar-refractivity contribution in [1.29, 1.82) is 0 Å². The summed E-state index contributed by atoms with van der Waals surface area (Å²) >= 11 is 0. The first-order valence-corrected chi connectivity index (χ1v) is 5.98. The van der Waals surface area contributed by atoms with Gasteiger partial charge in [-0.1, -0.05) is 12.1 Å². The lowest BCUT2D eigenvalue weighted by atomic mass is 10.1. The number of hydrogen-bond acceptors (Lipinski definition) is 4. The van der Waals surface area contributed by atoms with Gasteiger partial charge in [-0.05, 0) is 32.6 Å². The number of imide groups is 1. The Balaban J connectivity index is 2.09. The van der Waals surface area contributed by atoms with E-state index in [1.54, 1.807) is 24.3 Å². The van der Waals surface area contributed by atoms with Crippen LogP contribution in [0.15, 0.2) is 24.3 Å². The second-order valence-corrected chi connectivity index (χ2v) is 4.23. The highest BCUT2D eigenvalue weighted by atomic mass is 16.2. The second kappa shape index (κ2) is 5.29. The molecule has 1 aliphatic rings. The minimum atomic E-state index is -0.193. The van der Waals surface area contributed by atoms with Crippen LogP contribution in [0.2, 0.25) is 0 Å². The highest BCUT2D eigenvalue weighted by Crippen LogP contribution is 2.22. The normalized spacial score (nSPS) is 14.5. The molecule has 18 heavy (non-hydrogen) atoms. The number of benzene rings is 1. The van der Waals surface area contributed by atoms with Crippen molar-refractivity contribution in [1.82, 2.24) is 15.5 Å². The van der Waals surface area contributed by atoms with Gasteiger partial charge in [0.25, 0.3) is 11.8 Å². The zero-order valence-corrected chi connectivity index (χ0v) is 10.6. The summed E-state index contributed by atoms with van der Waals surface area (Å²) < 4.78 is 0. The Morgan fingerprint density at radius 1 is 1.06 bits per heavy atom. The van der Waals surface area contributed by atoms with Crippen molar-refractivity contribution in [3.63, 3.8) is 0 Å². The monoisotopic (exact) mass is 247 g/mol. The summed E-state index contributed by atoms with van der Waals surface area (Å²) in [6.07, 6.45) is 0.771. The van der Waals surface area contributed by atoms with Gasteiger partial charge in [0, 0.05) is 6.54 Å². The maximum atomic E-state index is 12.1. The fourth-order valence-electron chi connectivity index (χ4n) is 2.13. The Hall–Kier alpha value is -1.72. The predicted octanol–water partition coefficient (Wildman–Crippen LogP) is 0.438. The van der Waals surface area contributed by atoms with E-state index in [0.717, 1.165) is 0 Å². The molecular formula is C13H17N3O2.